The number of benzene rings is 1. The van der Waals surface area contributed by atoms with Crippen LogP contribution in [0.25, 0.3) is 0 Å². The van der Waals surface area contributed by atoms with E-state index < -0.39 is 6.04 Å². The van der Waals surface area contributed by atoms with Crippen molar-refractivity contribution < 1.29 is 9.53 Å². The van der Waals surface area contributed by atoms with Gasteiger partial charge < -0.3 is 15.4 Å². The average molecular weight is 316 g/mol. The topological polar surface area (TPSA) is 55.6 Å². The molecule has 0 bridgehead atoms. The van der Waals surface area contributed by atoms with E-state index in [-0.39, 0.29) is 12.0 Å². The highest BCUT2D eigenvalue weighted by atomic mass is 32.1. The fourth-order valence-corrected chi connectivity index (χ4v) is 3.45. The van der Waals surface area contributed by atoms with E-state index in [1.54, 1.807) is 11.3 Å². The quantitative estimate of drug-likeness (QED) is 0.941. The van der Waals surface area contributed by atoms with Gasteiger partial charge in [-0.05, 0) is 23.4 Å². The number of nitrogens with zero attached hydrogens (tertiary/aromatic N) is 1. The minimum Gasteiger partial charge on any atom is -0.369 e. The lowest BCUT2D eigenvalue weighted by molar-refractivity contribution is -0.140. The maximum atomic E-state index is 12.6. The molecule has 116 valence electrons. The van der Waals surface area contributed by atoms with Gasteiger partial charge in [-0.25, -0.2) is 0 Å². The molecule has 1 saturated heterocycles. The maximum Gasteiger partial charge on any atom is 0.240 e. The second-order valence-electron chi connectivity index (χ2n) is 5.46. The Kier molecular flexibility index (Phi) is 4.87. The first-order chi connectivity index (χ1) is 10.7. The fourth-order valence-electron chi connectivity index (χ4n) is 2.69. The van der Waals surface area contributed by atoms with Gasteiger partial charge in [0.1, 0.15) is 6.10 Å². The summed E-state index contributed by atoms with van der Waals surface area (Å²) in [6, 6.07) is 13.5. The summed E-state index contributed by atoms with van der Waals surface area (Å²) in [5.74, 6) is 0.00806. The first-order valence-corrected chi connectivity index (χ1v) is 8.35. The number of nitrogens with two attached hydrogens (primary N) is 1. The first-order valence-electron chi connectivity index (χ1n) is 7.47. The zero-order valence-electron chi connectivity index (χ0n) is 12.4. The summed E-state index contributed by atoms with van der Waals surface area (Å²) in [5.41, 5.74) is 7.20. The summed E-state index contributed by atoms with van der Waals surface area (Å²) < 4.78 is 5.78. The lowest BCUT2D eigenvalue weighted by Crippen LogP contribution is -2.50. The second-order valence-corrected chi connectivity index (χ2v) is 6.43. The first kappa shape index (κ1) is 15.2. The molecule has 1 fully saturated rings. The highest BCUT2D eigenvalue weighted by Crippen LogP contribution is 2.26. The number of hydrogen-bond acceptors (Lipinski definition) is 4. The molecule has 0 aliphatic carbocycles. The summed E-state index contributed by atoms with van der Waals surface area (Å²) in [5, 5.41) is 2.03. The van der Waals surface area contributed by atoms with Crippen molar-refractivity contribution in [3.8, 4) is 0 Å². The molecule has 0 saturated carbocycles. The van der Waals surface area contributed by atoms with Crippen LogP contribution in [-0.2, 0) is 16.0 Å². The van der Waals surface area contributed by atoms with Gasteiger partial charge in [0, 0.05) is 11.4 Å². The highest BCUT2D eigenvalue weighted by molar-refractivity contribution is 7.10. The monoisotopic (exact) mass is 316 g/mol. The third-order valence-electron chi connectivity index (χ3n) is 3.85. The standard InChI is InChI=1S/C17H20N2O2S/c18-14(11-13-5-2-1-3-6-13)17(20)19-8-9-21-15(12-19)16-7-4-10-22-16/h1-7,10,14-15H,8-9,11-12,18H2/t14-,15?/m0/s1. The normalized spacial score (nSPS) is 19.9. The number of ether oxygens (including phenoxy) is 1. The summed E-state index contributed by atoms with van der Waals surface area (Å²) in [6.07, 6.45) is 0.544. The number of carbonyl (C=O) groups excluding carboxylic acids is 1. The van der Waals surface area contributed by atoms with Gasteiger partial charge in [-0.2, -0.15) is 0 Å². The van der Waals surface area contributed by atoms with Crippen molar-refractivity contribution in [3.05, 3.63) is 58.3 Å². The Hall–Kier alpha value is -1.69. The van der Waals surface area contributed by atoms with Crippen LogP contribution >= 0.6 is 11.3 Å². The minimum atomic E-state index is -0.496. The Morgan fingerprint density at radius 1 is 1.32 bits per heavy atom. The Morgan fingerprint density at radius 2 is 2.14 bits per heavy atom. The van der Waals surface area contributed by atoms with Crippen molar-refractivity contribution in [1.82, 2.24) is 4.90 Å². The Morgan fingerprint density at radius 3 is 2.86 bits per heavy atom. The molecule has 1 aromatic heterocycles. The largest absolute Gasteiger partial charge is 0.369 e. The molecule has 3 rings (SSSR count). The van der Waals surface area contributed by atoms with Gasteiger partial charge in [-0.1, -0.05) is 36.4 Å². The zero-order chi connectivity index (χ0) is 15.4. The van der Waals surface area contributed by atoms with Crippen LogP contribution in [0, 0.1) is 0 Å². The summed E-state index contributed by atoms with van der Waals surface area (Å²) in [6.45, 7) is 1.76. The van der Waals surface area contributed by atoms with Crippen LogP contribution in [-0.4, -0.2) is 36.5 Å². The van der Waals surface area contributed by atoms with Crippen LogP contribution in [0.3, 0.4) is 0 Å². The van der Waals surface area contributed by atoms with E-state index >= 15 is 0 Å². The third kappa shape index (κ3) is 3.55. The maximum absolute atomic E-state index is 12.6. The molecule has 1 amide bonds. The van der Waals surface area contributed by atoms with Gasteiger partial charge >= 0.3 is 0 Å². The number of morpholine rings is 1. The Balaban J connectivity index is 1.61. The van der Waals surface area contributed by atoms with Gasteiger partial charge in [0.25, 0.3) is 0 Å². The summed E-state index contributed by atoms with van der Waals surface area (Å²) in [4.78, 5) is 15.6. The van der Waals surface area contributed by atoms with Crippen LogP contribution in [0.2, 0.25) is 0 Å². The molecule has 2 heterocycles. The molecule has 5 heteroatoms. The molecule has 0 spiro atoms. The minimum absolute atomic E-state index is 0.00806. The van der Waals surface area contributed by atoms with Crippen molar-refractivity contribution in [2.24, 2.45) is 5.73 Å². The predicted octanol–water partition coefficient (Wildman–Crippen LogP) is 2.22. The molecule has 2 N–H and O–H groups in total. The van der Waals surface area contributed by atoms with E-state index in [4.69, 9.17) is 10.5 Å². The van der Waals surface area contributed by atoms with Crippen LogP contribution in [0.1, 0.15) is 16.5 Å². The highest BCUT2D eigenvalue weighted by Gasteiger charge is 2.28. The summed E-state index contributed by atoms with van der Waals surface area (Å²) >= 11 is 1.66. The Bertz CT molecular complexity index is 600. The van der Waals surface area contributed by atoms with Crippen LogP contribution in [0.5, 0.6) is 0 Å². The number of carbonyl (C=O) groups is 1. The molecular formula is C17H20N2O2S. The smallest absolute Gasteiger partial charge is 0.240 e. The molecular weight excluding hydrogens is 296 g/mol. The van der Waals surface area contributed by atoms with Gasteiger partial charge in [-0.3, -0.25) is 4.79 Å². The van der Waals surface area contributed by atoms with Gasteiger partial charge in [0.2, 0.25) is 5.91 Å². The summed E-state index contributed by atoms with van der Waals surface area (Å²) in [7, 11) is 0. The molecule has 1 aliphatic rings. The number of rotatable bonds is 4. The molecule has 1 aromatic carbocycles. The van der Waals surface area contributed by atoms with Crippen molar-refractivity contribution >= 4 is 17.2 Å². The Labute approximate surface area is 134 Å². The third-order valence-corrected chi connectivity index (χ3v) is 4.82. The van der Waals surface area contributed by atoms with E-state index in [1.807, 2.05) is 52.7 Å². The fraction of sp³-hybridized carbons (Fsp3) is 0.353. The van der Waals surface area contributed by atoms with Crippen molar-refractivity contribution in [2.45, 2.75) is 18.6 Å². The van der Waals surface area contributed by atoms with Crippen LogP contribution in [0.15, 0.2) is 47.8 Å². The molecule has 0 radical (unpaired) electrons. The van der Waals surface area contributed by atoms with E-state index in [0.29, 0.717) is 26.1 Å². The number of thiophene rings is 1. The lowest BCUT2D eigenvalue weighted by Gasteiger charge is -2.34. The molecule has 1 unspecified atom stereocenters. The average Bonchev–Trinajstić information content (AvgIpc) is 3.10. The lowest BCUT2D eigenvalue weighted by atomic mass is 10.1. The molecule has 1 aliphatic heterocycles. The van der Waals surface area contributed by atoms with Gasteiger partial charge in [0.15, 0.2) is 0 Å². The number of amides is 1. The van der Waals surface area contributed by atoms with Crippen molar-refractivity contribution in [1.29, 1.82) is 0 Å². The zero-order valence-corrected chi connectivity index (χ0v) is 13.2. The van der Waals surface area contributed by atoms with Gasteiger partial charge in [0.05, 0.1) is 19.2 Å². The molecule has 2 aromatic rings. The molecule has 2 atom stereocenters. The SMILES string of the molecule is N[C@@H](Cc1ccccc1)C(=O)N1CCOC(c2cccs2)C1. The van der Waals surface area contributed by atoms with Crippen molar-refractivity contribution in [3.63, 3.8) is 0 Å². The van der Waals surface area contributed by atoms with E-state index in [2.05, 4.69) is 0 Å². The van der Waals surface area contributed by atoms with E-state index in [9.17, 15) is 4.79 Å². The van der Waals surface area contributed by atoms with Gasteiger partial charge in [-0.15, -0.1) is 11.3 Å². The van der Waals surface area contributed by atoms with Crippen LogP contribution in [0.4, 0.5) is 0 Å². The van der Waals surface area contributed by atoms with E-state index in [0.717, 1.165) is 10.4 Å². The molecule has 22 heavy (non-hydrogen) atoms. The van der Waals surface area contributed by atoms with E-state index in [1.165, 1.54) is 0 Å². The second kappa shape index (κ2) is 7.05. The van der Waals surface area contributed by atoms with Crippen LogP contribution < -0.4 is 5.73 Å². The molecule has 4 nitrogen and oxygen atoms in total. The van der Waals surface area contributed by atoms with Crippen molar-refractivity contribution in [2.75, 3.05) is 19.7 Å². The number of hydrogen-bond donors (Lipinski definition) is 1. The predicted molar refractivity (Wildman–Crippen MR) is 87.7 cm³/mol.